The predicted octanol–water partition coefficient (Wildman–Crippen LogP) is 4.68. The van der Waals surface area contributed by atoms with Gasteiger partial charge in [0, 0.05) is 76.0 Å². The lowest BCUT2D eigenvalue weighted by Gasteiger charge is -2.38. The highest BCUT2D eigenvalue weighted by atomic mass is 35.5. The number of non-ortho nitro benzene ring substituents is 1. The quantitative estimate of drug-likeness (QED) is 0.121. The van der Waals surface area contributed by atoms with Crippen LogP contribution in [0.25, 0.3) is 0 Å². The highest BCUT2D eigenvalue weighted by Crippen LogP contribution is 2.22. The van der Waals surface area contributed by atoms with E-state index in [0.717, 1.165) is 22.4 Å². The number of rotatable bonds is 16. The molecular formula is C42H48ClN7O7. The molecule has 0 aliphatic carbocycles. The van der Waals surface area contributed by atoms with Gasteiger partial charge in [-0.25, -0.2) is 4.79 Å². The van der Waals surface area contributed by atoms with Crippen molar-refractivity contribution in [1.82, 2.24) is 20.0 Å². The molecule has 0 spiro atoms. The summed E-state index contributed by atoms with van der Waals surface area (Å²) in [6.07, 6.45) is -0.317. The van der Waals surface area contributed by atoms with Crippen LogP contribution in [-0.4, -0.2) is 108 Å². The first-order chi connectivity index (χ1) is 27.4. The molecule has 1 aliphatic heterocycles. The van der Waals surface area contributed by atoms with Crippen LogP contribution in [0.3, 0.4) is 0 Å². The maximum Gasteiger partial charge on any atom is 0.410 e. The van der Waals surface area contributed by atoms with Gasteiger partial charge in [-0.2, -0.15) is 0 Å². The van der Waals surface area contributed by atoms with Crippen LogP contribution in [0.5, 0.6) is 0 Å². The SMILES string of the molecule is CN(C(=O)OCc1ccccc1)[C@H](CCN)C(=O)N(C)[C@H](Cc1ccccc1)C(=O)N[C@H](Cc1ccc(Cl)cc1)C(=O)N1CCN(c2ccc([N+](=O)[O-])cc2)CC1. The second kappa shape index (κ2) is 20.3. The van der Waals surface area contributed by atoms with Gasteiger partial charge >= 0.3 is 6.09 Å². The van der Waals surface area contributed by atoms with E-state index in [9.17, 15) is 29.3 Å². The minimum absolute atomic E-state index is 0.00507. The normalized spacial score (nSPS) is 14.2. The Morgan fingerprint density at radius 2 is 1.37 bits per heavy atom. The van der Waals surface area contributed by atoms with Gasteiger partial charge in [0.2, 0.25) is 17.7 Å². The number of hydrogen-bond acceptors (Lipinski definition) is 9. The minimum Gasteiger partial charge on any atom is -0.445 e. The Hall–Kier alpha value is -5.99. The number of likely N-dealkylation sites (N-methyl/N-ethyl adjacent to an activating group) is 2. The van der Waals surface area contributed by atoms with Crippen molar-refractivity contribution in [3.63, 3.8) is 0 Å². The van der Waals surface area contributed by atoms with Crippen molar-refractivity contribution >= 4 is 46.8 Å². The molecule has 15 heteroatoms. The van der Waals surface area contributed by atoms with Crippen molar-refractivity contribution in [3.05, 3.63) is 141 Å². The lowest BCUT2D eigenvalue weighted by Crippen LogP contribution is -2.60. The number of nitrogens with zero attached hydrogens (tertiary/aromatic N) is 5. The molecule has 3 atom stereocenters. The van der Waals surface area contributed by atoms with Crippen LogP contribution in [0, 0.1) is 10.1 Å². The van der Waals surface area contributed by atoms with Crippen molar-refractivity contribution in [2.24, 2.45) is 5.73 Å². The van der Waals surface area contributed by atoms with E-state index in [1.165, 1.54) is 36.0 Å². The second-order valence-electron chi connectivity index (χ2n) is 13.9. The van der Waals surface area contributed by atoms with Gasteiger partial charge in [-0.15, -0.1) is 0 Å². The molecule has 0 radical (unpaired) electrons. The van der Waals surface area contributed by atoms with E-state index in [0.29, 0.717) is 31.2 Å². The number of ether oxygens (including phenoxy) is 1. The molecule has 14 nitrogen and oxygen atoms in total. The zero-order chi connectivity index (χ0) is 40.9. The molecule has 57 heavy (non-hydrogen) atoms. The lowest BCUT2D eigenvalue weighted by atomic mass is 10.00. The van der Waals surface area contributed by atoms with Gasteiger partial charge in [0.25, 0.3) is 5.69 Å². The van der Waals surface area contributed by atoms with Crippen LogP contribution in [0.2, 0.25) is 5.02 Å². The smallest absolute Gasteiger partial charge is 0.410 e. The number of carbonyl (C=O) groups is 4. The summed E-state index contributed by atoms with van der Waals surface area (Å²) in [4.78, 5) is 73.3. The van der Waals surface area contributed by atoms with E-state index in [1.807, 2.05) is 65.6 Å². The lowest BCUT2D eigenvalue weighted by molar-refractivity contribution is -0.384. The fourth-order valence-corrected chi connectivity index (χ4v) is 6.86. The van der Waals surface area contributed by atoms with E-state index in [2.05, 4.69) is 5.32 Å². The van der Waals surface area contributed by atoms with Gasteiger partial charge in [-0.1, -0.05) is 84.4 Å². The Kier molecular flexibility index (Phi) is 15.0. The largest absolute Gasteiger partial charge is 0.445 e. The molecule has 4 aromatic carbocycles. The average Bonchev–Trinajstić information content (AvgIpc) is 3.24. The molecule has 1 fully saturated rings. The number of benzene rings is 4. The standard InChI is InChI=1S/C42H48ClN7O7/c1-46(41(53)37(21-22-44)47(2)42(54)57-29-32-11-7-4-8-12-32)38(28-30-9-5-3-6-10-30)39(51)45-36(27-31-13-15-33(43)16-14-31)40(52)49-25-23-48(24-26-49)34-17-19-35(20-18-34)50(55)56/h3-20,36-38H,21-29,44H2,1-2H3,(H,45,51)/t36-,37-,38-/m1/s1. The summed E-state index contributed by atoms with van der Waals surface area (Å²) >= 11 is 6.16. The monoisotopic (exact) mass is 797 g/mol. The first-order valence-corrected chi connectivity index (χ1v) is 19.1. The van der Waals surface area contributed by atoms with Crippen molar-refractivity contribution in [3.8, 4) is 0 Å². The fourth-order valence-electron chi connectivity index (χ4n) is 6.74. The van der Waals surface area contributed by atoms with Crippen molar-refractivity contribution in [2.75, 3.05) is 51.7 Å². The number of hydrogen-bond donors (Lipinski definition) is 2. The summed E-state index contributed by atoms with van der Waals surface area (Å²) in [6.45, 7) is 1.75. The van der Waals surface area contributed by atoms with Gasteiger partial charge in [0.1, 0.15) is 24.7 Å². The number of carbonyl (C=O) groups excluding carboxylic acids is 4. The average molecular weight is 798 g/mol. The third-order valence-corrected chi connectivity index (χ3v) is 10.3. The topological polar surface area (TPSA) is 172 Å². The summed E-state index contributed by atoms with van der Waals surface area (Å²) in [5, 5.41) is 14.7. The summed E-state index contributed by atoms with van der Waals surface area (Å²) < 4.78 is 5.51. The molecule has 0 unspecified atom stereocenters. The Bertz CT molecular complexity index is 1960. The summed E-state index contributed by atoms with van der Waals surface area (Å²) in [5.41, 5.74) is 9.07. The second-order valence-corrected chi connectivity index (χ2v) is 14.3. The first kappa shape index (κ1) is 42.2. The van der Waals surface area contributed by atoms with Gasteiger partial charge < -0.3 is 30.5 Å². The summed E-state index contributed by atoms with van der Waals surface area (Å²) in [7, 11) is 2.98. The highest BCUT2D eigenvalue weighted by molar-refractivity contribution is 6.30. The molecule has 4 aromatic rings. The van der Waals surface area contributed by atoms with Gasteiger partial charge in [0.15, 0.2) is 0 Å². The molecule has 5 rings (SSSR count). The Balaban J connectivity index is 1.35. The number of nitrogens with two attached hydrogens (primary N) is 1. The summed E-state index contributed by atoms with van der Waals surface area (Å²) in [6, 6.07) is 28.6. The fraction of sp³-hybridized carbons (Fsp3) is 0.333. The van der Waals surface area contributed by atoms with Gasteiger partial charge in [-0.05, 0) is 53.9 Å². The maximum absolute atomic E-state index is 14.5. The number of anilines is 1. The van der Waals surface area contributed by atoms with E-state index >= 15 is 0 Å². The molecular weight excluding hydrogens is 750 g/mol. The third kappa shape index (κ3) is 11.5. The van der Waals surface area contributed by atoms with Crippen molar-refractivity contribution < 1.29 is 28.8 Å². The first-order valence-electron chi connectivity index (χ1n) is 18.7. The number of nitrogens with one attached hydrogen (secondary N) is 1. The number of nitro benzene ring substituents is 1. The maximum atomic E-state index is 14.5. The van der Waals surface area contributed by atoms with Crippen LogP contribution in [-0.2, 0) is 38.6 Å². The molecule has 1 heterocycles. The number of halogens is 1. The number of amides is 4. The Labute approximate surface area is 337 Å². The van der Waals surface area contributed by atoms with Crippen LogP contribution < -0.4 is 16.0 Å². The van der Waals surface area contributed by atoms with Crippen LogP contribution in [0.4, 0.5) is 16.2 Å². The third-order valence-electron chi connectivity index (χ3n) is 10.1. The Morgan fingerprint density at radius 3 is 1.95 bits per heavy atom. The zero-order valence-corrected chi connectivity index (χ0v) is 32.8. The number of piperazine rings is 1. The van der Waals surface area contributed by atoms with Gasteiger partial charge in [0.05, 0.1) is 4.92 Å². The number of nitro groups is 1. The van der Waals surface area contributed by atoms with E-state index < -0.39 is 41.0 Å². The van der Waals surface area contributed by atoms with E-state index in [1.54, 1.807) is 41.3 Å². The molecule has 300 valence electrons. The van der Waals surface area contributed by atoms with Crippen LogP contribution in [0.1, 0.15) is 23.1 Å². The van der Waals surface area contributed by atoms with Crippen LogP contribution >= 0.6 is 11.6 Å². The highest BCUT2D eigenvalue weighted by Gasteiger charge is 2.37. The predicted molar refractivity (Wildman–Crippen MR) is 218 cm³/mol. The molecule has 1 aliphatic rings. The zero-order valence-electron chi connectivity index (χ0n) is 32.0. The minimum atomic E-state index is -1.08. The molecule has 0 saturated carbocycles. The molecule has 3 N–H and O–H groups in total. The molecule has 1 saturated heterocycles. The van der Waals surface area contributed by atoms with E-state index in [4.69, 9.17) is 22.1 Å². The van der Waals surface area contributed by atoms with Crippen LogP contribution in [0.15, 0.2) is 109 Å². The van der Waals surface area contributed by atoms with Crippen molar-refractivity contribution in [2.45, 2.75) is 44.0 Å². The summed E-state index contributed by atoms with van der Waals surface area (Å²) in [5.74, 6) is -1.36. The van der Waals surface area contributed by atoms with E-state index in [-0.39, 0.29) is 44.0 Å². The molecule has 0 bridgehead atoms. The van der Waals surface area contributed by atoms with Crippen molar-refractivity contribution in [1.29, 1.82) is 0 Å². The Morgan fingerprint density at radius 1 is 0.789 bits per heavy atom. The van der Waals surface area contributed by atoms with Gasteiger partial charge in [-0.3, -0.25) is 29.4 Å². The molecule has 4 amide bonds. The molecule has 0 aromatic heterocycles.